The second kappa shape index (κ2) is 11.1. The molecule has 0 bridgehead atoms. The van der Waals surface area contributed by atoms with Crippen LogP contribution >= 0.6 is 0 Å². The van der Waals surface area contributed by atoms with Crippen molar-refractivity contribution in [2.24, 2.45) is 0 Å². The minimum Gasteiger partial charge on any atom is -0.497 e. The van der Waals surface area contributed by atoms with Gasteiger partial charge >= 0.3 is 0 Å². The topological polar surface area (TPSA) is 112 Å². The standard InChI is InChI=1S/C23H28N4O4S/c1-31-20-9-5-18(6-10-20)22(27-15-2-3-16-27)17-25-23(28)19-7-11-21(12-8-19)32(29,30)26-14-4-13-24/h5-12,22,26H,2-4,14-17H2,1H3,(H,25,28). The van der Waals surface area contributed by atoms with E-state index in [4.69, 9.17) is 10.00 Å². The fourth-order valence-electron chi connectivity index (χ4n) is 3.74. The highest BCUT2D eigenvalue weighted by atomic mass is 32.2. The van der Waals surface area contributed by atoms with E-state index in [0.29, 0.717) is 12.1 Å². The van der Waals surface area contributed by atoms with Crippen LogP contribution in [-0.2, 0) is 10.0 Å². The van der Waals surface area contributed by atoms with Gasteiger partial charge in [0.1, 0.15) is 5.75 Å². The number of rotatable bonds is 10. The van der Waals surface area contributed by atoms with Crippen LogP contribution < -0.4 is 14.8 Å². The third kappa shape index (κ3) is 6.07. The van der Waals surface area contributed by atoms with E-state index in [0.717, 1.165) is 37.2 Å². The highest BCUT2D eigenvalue weighted by Crippen LogP contribution is 2.26. The van der Waals surface area contributed by atoms with Crippen molar-refractivity contribution < 1.29 is 17.9 Å². The Morgan fingerprint density at radius 3 is 2.38 bits per heavy atom. The summed E-state index contributed by atoms with van der Waals surface area (Å²) in [4.78, 5) is 15.1. The van der Waals surface area contributed by atoms with E-state index >= 15 is 0 Å². The Morgan fingerprint density at radius 1 is 1.12 bits per heavy atom. The van der Waals surface area contributed by atoms with E-state index in [1.54, 1.807) is 7.11 Å². The quantitative estimate of drug-likeness (QED) is 0.531. The number of sulfonamides is 1. The number of hydrogen-bond acceptors (Lipinski definition) is 6. The van der Waals surface area contributed by atoms with Gasteiger partial charge in [-0.3, -0.25) is 9.69 Å². The van der Waals surface area contributed by atoms with E-state index in [2.05, 4.69) is 14.9 Å². The molecule has 8 nitrogen and oxygen atoms in total. The van der Waals surface area contributed by atoms with Crippen molar-refractivity contribution in [1.82, 2.24) is 14.9 Å². The van der Waals surface area contributed by atoms with Crippen molar-refractivity contribution in [1.29, 1.82) is 5.26 Å². The number of likely N-dealkylation sites (tertiary alicyclic amines) is 1. The first-order valence-corrected chi connectivity index (χ1v) is 12.1. The number of nitrogens with one attached hydrogen (secondary N) is 2. The second-order valence-electron chi connectivity index (χ2n) is 7.57. The van der Waals surface area contributed by atoms with Crippen molar-refractivity contribution >= 4 is 15.9 Å². The molecule has 1 heterocycles. The summed E-state index contributed by atoms with van der Waals surface area (Å²) < 4.78 is 32.0. The van der Waals surface area contributed by atoms with Gasteiger partial charge in [0.05, 0.1) is 24.1 Å². The first-order chi connectivity index (χ1) is 15.4. The molecule has 2 aromatic carbocycles. The van der Waals surface area contributed by atoms with Crippen LogP contribution in [0.4, 0.5) is 0 Å². The van der Waals surface area contributed by atoms with E-state index in [1.807, 2.05) is 30.3 Å². The largest absolute Gasteiger partial charge is 0.497 e. The maximum Gasteiger partial charge on any atom is 0.251 e. The number of nitrogens with zero attached hydrogens (tertiary/aromatic N) is 2. The van der Waals surface area contributed by atoms with Gasteiger partial charge in [-0.25, -0.2) is 13.1 Å². The van der Waals surface area contributed by atoms with E-state index in [-0.39, 0.29) is 29.8 Å². The Kier molecular flexibility index (Phi) is 8.22. The van der Waals surface area contributed by atoms with Crippen LogP contribution in [0.2, 0.25) is 0 Å². The molecule has 9 heteroatoms. The van der Waals surface area contributed by atoms with Gasteiger partial charge in [0.2, 0.25) is 10.0 Å². The summed E-state index contributed by atoms with van der Waals surface area (Å²) in [6.07, 6.45) is 2.37. The van der Waals surface area contributed by atoms with Crippen LogP contribution in [0.5, 0.6) is 5.75 Å². The zero-order valence-corrected chi connectivity index (χ0v) is 18.9. The minimum absolute atomic E-state index is 0.0460. The average molecular weight is 457 g/mol. The molecule has 1 unspecified atom stereocenters. The molecule has 0 aliphatic carbocycles. The Morgan fingerprint density at radius 2 is 1.78 bits per heavy atom. The summed E-state index contributed by atoms with van der Waals surface area (Å²) in [5.41, 5.74) is 1.49. The molecular weight excluding hydrogens is 428 g/mol. The van der Waals surface area contributed by atoms with Gasteiger partial charge in [0.25, 0.3) is 5.91 Å². The van der Waals surface area contributed by atoms with Crippen LogP contribution in [0.1, 0.15) is 41.2 Å². The first-order valence-electron chi connectivity index (χ1n) is 10.6. The molecule has 1 atom stereocenters. The molecule has 0 saturated carbocycles. The predicted octanol–water partition coefficient (Wildman–Crippen LogP) is 2.45. The number of nitriles is 1. The lowest BCUT2D eigenvalue weighted by atomic mass is 10.0. The summed E-state index contributed by atoms with van der Waals surface area (Å²) in [7, 11) is -2.07. The zero-order chi connectivity index (χ0) is 23.0. The first kappa shape index (κ1) is 23.7. The van der Waals surface area contributed by atoms with Crippen LogP contribution in [0.25, 0.3) is 0 Å². The SMILES string of the molecule is COc1ccc(C(CNC(=O)c2ccc(S(=O)(=O)NCCC#N)cc2)N2CCCC2)cc1. The fraction of sp³-hybridized carbons (Fsp3) is 0.391. The molecule has 1 amide bonds. The average Bonchev–Trinajstić information content (AvgIpc) is 3.34. The summed E-state index contributed by atoms with van der Waals surface area (Å²) in [5, 5.41) is 11.5. The summed E-state index contributed by atoms with van der Waals surface area (Å²) in [5.74, 6) is 0.527. The molecule has 170 valence electrons. The van der Waals surface area contributed by atoms with Crippen molar-refractivity contribution in [3.63, 3.8) is 0 Å². The molecule has 0 radical (unpaired) electrons. The second-order valence-corrected chi connectivity index (χ2v) is 9.34. The molecule has 2 N–H and O–H groups in total. The molecule has 0 spiro atoms. The lowest BCUT2D eigenvalue weighted by molar-refractivity contribution is 0.0937. The maximum absolute atomic E-state index is 12.7. The maximum atomic E-state index is 12.7. The molecule has 1 aliphatic rings. The molecule has 1 aliphatic heterocycles. The van der Waals surface area contributed by atoms with E-state index in [1.165, 1.54) is 24.3 Å². The molecule has 32 heavy (non-hydrogen) atoms. The Labute approximate surface area is 189 Å². The summed E-state index contributed by atoms with van der Waals surface area (Å²) >= 11 is 0. The number of carbonyl (C=O) groups excluding carboxylic acids is 1. The van der Waals surface area contributed by atoms with Crippen molar-refractivity contribution in [3.05, 3.63) is 59.7 Å². The monoisotopic (exact) mass is 456 g/mol. The number of amides is 1. The number of ether oxygens (including phenoxy) is 1. The Hall–Kier alpha value is -2.93. The molecule has 1 fully saturated rings. The number of methoxy groups -OCH3 is 1. The minimum atomic E-state index is -3.70. The van der Waals surface area contributed by atoms with Crippen molar-refractivity contribution in [2.75, 3.05) is 33.3 Å². The lowest BCUT2D eigenvalue weighted by Crippen LogP contribution is -2.36. The van der Waals surface area contributed by atoms with Gasteiger partial charge in [0, 0.05) is 25.1 Å². The molecule has 3 rings (SSSR count). The molecule has 0 aromatic heterocycles. The van der Waals surface area contributed by atoms with Gasteiger partial charge in [0.15, 0.2) is 0 Å². The molecular formula is C23H28N4O4S. The molecule has 2 aromatic rings. The zero-order valence-electron chi connectivity index (χ0n) is 18.1. The van der Waals surface area contributed by atoms with Crippen LogP contribution in [0.15, 0.2) is 53.4 Å². The Balaban J connectivity index is 1.66. The van der Waals surface area contributed by atoms with Gasteiger partial charge in [-0.1, -0.05) is 12.1 Å². The van der Waals surface area contributed by atoms with Crippen LogP contribution in [0.3, 0.4) is 0 Å². The van der Waals surface area contributed by atoms with Crippen LogP contribution in [0, 0.1) is 11.3 Å². The fourth-order valence-corrected chi connectivity index (χ4v) is 4.77. The van der Waals surface area contributed by atoms with E-state index < -0.39 is 10.0 Å². The normalized spacial score (nSPS) is 15.1. The third-order valence-corrected chi connectivity index (χ3v) is 6.97. The predicted molar refractivity (Wildman–Crippen MR) is 121 cm³/mol. The lowest BCUT2D eigenvalue weighted by Gasteiger charge is -2.28. The van der Waals surface area contributed by atoms with Gasteiger partial charge in [-0.15, -0.1) is 0 Å². The van der Waals surface area contributed by atoms with Gasteiger partial charge in [-0.2, -0.15) is 5.26 Å². The summed E-state index contributed by atoms with van der Waals surface area (Å²) in [6, 6.07) is 15.6. The van der Waals surface area contributed by atoms with Crippen molar-refractivity contribution in [3.8, 4) is 11.8 Å². The number of hydrogen-bond donors (Lipinski definition) is 2. The highest BCUT2D eigenvalue weighted by molar-refractivity contribution is 7.89. The Bertz CT molecular complexity index is 1040. The third-order valence-electron chi connectivity index (χ3n) is 5.49. The van der Waals surface area contributed by atoms with Crippen LogP contribution in [-0.4, -0.2) is 52.5 Å². The van der Waals surface area contributed by atoms with Gasteiger partial charge in [-0.05, 0) is 67.9 Å². The number of benzene rings is 2. The summed E-state index contributed by atoms with van der Waals surface area (Å²) in [6.45, 7) is 2.46. The van der Waals surface area contributed by atoms with Crippen molar-refractivity contribution in [2.45, 2.75) is 30.2 Å². The number of carbonyl (C=O) groups is 1. The molecule has 1 saturated heterocycles. The highest BCUT2D eigenvalue weighted by Gasteiger charge is 2.24. The van der Waals surface area contributed by atoms with E-state index in [9.17, 15) is 13.2 Å². The van der Waals surface area contributed by atoms with Gasteiger partial charge < -0.3 is 10.1 Å². The smallest absolute Gasteiger partial charge is 0.251 e.